The summed E-state index contributed by atoms with van der Waals surface area (Å²) in [4.78, 5) is 13.9. The molecule has 0 N–H and O–H groups in total. The van der Waals surface area contributed by atoms with E-state index in [1.165, 1.54) is 11.2 Å². The summed E-state index contributed by atoms with van der Waals surface area (Å²) in [6, 6.07) is 6.48. The zero-order valence-electron chi connectivity index (χ0n) is 10.7. The van der Waals surface area contributed by atoms with Crippen LogP contribution in [0.4, 0.5) is 8.78 Å². The van der Waals surface area contributed by atoms with Crippen LogP contribution in [0.2, 0.25) is 0 Å². The minimum Gasteiger partial charge on any atom is -0.467 e. The molecule has 0 aliphatic heterocycles. The van der Waals surface area contributed by atoms with Gasteiger partial charge in [0.25, 0.3) is 5.91 Å². The molecular weight excluding hydrogens is 264 g/mol. The van der Waals surface area contributed by atoms with Gasteiger partial charge in [-0.1, -0.05) is 0 Å². The van der Waals surface area contributed by atoms with Crippen LogP contribution in [0.25, 0.3) is 0 Å². The van der Waals surface area contributed by atoms with Gasteiger partial charge in [-0.2, -0.15) is 0 Å². The lowest BCUT2D eigenvalue weighted by atomic mass is 10.1. The molecule has 0 atom stereocenters. The predicted octanol–water partition coefficient (Wildman–Crippen LogP) is 3.36. The summed E-state index contributed by atoms with van der Waals surface area (Å²) in [5.41, 5.74) is -0.233. The molecule has 1 aliphatic carbocycles. The van der Waals surface area contributed by atoms with Gasteiger partial charge in [0.05, 0.1) is 18.4 Å². The van der Waals surface area contributed by atoms with E-state index < -0.39 is 17.5 Å². The SMILES string of the molecule is O=C(c1cc(F)ccc1F)N(Cc1ccco1)C1CC1. The van der Waals surface area contributed by atoms with Crippen LogP contribution in [-0.2, 0) is 6.54 Å². The summed E-state index contributed by atoms with van der Waals surface area (Å²) in [7, 11) is 0. The van der Waals surface area contributed by atoms with E-state index in [4.69, 9.17) is 4.42 Å². The number of rotatable bonds is 4. The van der Waals surface area contributed by atoms with Gasteiger partial charge in [0.1, 0.15) is 17.4 Å². The van der Waals surface area contributed by atoms with Crippen LogP contribution in [0.5, 0.6) is 0 Å². The van der Waals surface area contributed by atoms with E-state index in [1.54, 1.807) is 12.1 Å². The molecule has 0 unspecified atom stereocenters. The normalized spacial score (nSPS) is 14.3. The second kappa shape index (κ2) is 5.07. The average molecular weight is 277 g/mol. The van der Waals surface area contributed by atoms with E-state index in [1.807, 2.05) is 0 Å². The Balaban J connectivity index is 1.87. The van der Waals surface area contributed by atoms with Gasteiger partial charge in [-0.05, 0) is 43.2 Å². The van der Waals surface area contributed by atoms with E-state index in [0.717, 1.165) is 31.0 Å². The lowest BCUT2D eigenvalue weighted by Gasteiger charge is -2.21. The molecule has 20 heavy (non-hydrogen) atoms. The third-order valence-corrected chi connectivity index (χ3v) is 3.31. The van der Waals surface area contributed by atoms with E-state index in [2.05, 4.69) is 0 Å². The summed E-state index contributed by atoms with van der Waals surface area (Å²) in [6.07, 6.45) is 3.28. The fourth-order valence-corrected chi connectivity index (χ4v) is 2.14. The highest BCUT2D eigenvalue weighted by Gasteiger charge is 2.34. The Morgan fingerprint density at radius 3 is 2.75 bits per heavy atom. The number of hydrogen-bond donors (Lipinski definition) is 0. The molecule has 1 amide bonds. The molecular formula is C15H13F2NO2. The number of hydrogen-bond acceptors (Lipinski definition) is 2. The molecule has 1 aromatic carbocycles. The first-order valence-electron chi connectivity index (χ1n) is 6.43. The molecule has 1 heterocycles. The highest BCUT2D eigenvalue weighted by atomic mass is 19.1. The van der Waals surface area contributed by atoms with Gasteiger partial charge in [0.15, 0.2) is 0 Å². The van der Waals surface area contributed by atoms with Crippen molar-refractivity contribution in [2.24, 2.45) is 0 Å². The second-order valence-electron chi connectivity index (χ2n) is 4.87. The first kappa shape index (κ1) is 12.8. The van der Waals surface area contributed by atoms with E-state index in [-0.39, 0.29) is 18.2 Å². The Labute approximate surface area is 114 Å². The maximum absolute atomic E-state index is 13.7. The smallest absolute Gasteiger partial charge is 0.257 e. The zero-order valence-corrected chi connectivity index (χ0v) is 10.7. The molecule has 0 saturated heterocycles. The van der Waals surface area contributed by atoms with Gasteiger partial charge >= 0.3 is 0 Å². The topological polar surface area (TPSA) is 33.5 Å². The van der Waals surface area contributed by atoms with E-state index in [9.17, 15) is 13.6 Å². The summed E-state index contributed by atoms with van der Waals surface area (Å²) in [5.74, 6) is -1.20. The van der Waals surface area contributed by atoms with Crippen molar-refractivity contribution < 1.29 is 18.0 Å². The molecule has 1 aromatic heterocycles. The first-order chi connectivity index (χ1) is 9.65. The van der Waals surface area contributed by atoms with Crippen LogP contribution < -0.4 is 0 Å². The van der Waals surface area contributed by atoms with Crippen molar-refractivity contribution in [2.75, 3.05) is 0 Å². The number of carbonyl (C=O) groups is 1. The summed E-state index contributed by atoms with van der Waals surface area (Å²) < 4.78 is 32.1. The summed E-state index contributed by atoms with van der Waals surface area (Å²) in [6.45, 7) is 0.270. The molecule has 1 saturated carbocycles. The van der Waals surface area contributed by atoms with Crippen LogP contribution >= 0.6 is 0 Å². The van der Waals surface area contributed by atoms with Gasteiger partial charge in [0, 0.05) is 6.04 Å². The predicted molar refractivity (Wildman–Crippen MR) is 68.0 cm³/mol. The quantitative estimate of drug-likeness (QED) is 0.858. The van der Waals surface area contributed by atoms with Crippen molar-refractivity contribution in [3.05, 3.63) is 59.6 Å². The lowest BCUT2D eigenvalue weighted by Crippen LogP contribution is -2.33. The van der Waals surface area contributed by atoms with Crippen LogP contribution in [0.15, 0.2) is 41.0 Å². The maximum Gasteiger partial charge on any atom is 0.257 e. The van der Waals surface area contributed by atoms with Crippen molar-refractivity contribution in [3.8, 4) is 0 Å². The van der Waals surface area contributed by atoms with Crippen molar-refractivity contribution in [2.45, 2.75) is 25.4 Å². The molecule has 0 spiro atoms. The molecule has 5 heteroatoms. The Morgan fingerprint density at radius 1 is 1.30 bits per heavy atom. The first-order valence-corrected chi connectivity index (χ1v) is 6.43. The molecule has 2 aromatic rings. The average Bonchev–Trinajstić information content (AvgIpc) is 3.15. The fourth-order valence-electron chi connectivity index (χ4n) is 2.14. The van der Waals surface area contributed by atoms with Gasteiger partial charge in [0.2, 0.25) is 0 Å². The highest BCUT2D eigenvalue weighted by Crippen LogP contribution is 2.30. The monoisotopic (exact) mass is 277 g/mol. The number of halogens is 2. The Bertz CT molecular complexity index is 621. The Morgan fingerprint density at radius 2 is 2.10 bits per heavy atom. The number of carbonyl (C=O) groups excluding carboxylic acids is 1. The zero-order chi connectivity index (χ0) is 14.1. The third-order valence-electron chi connectivity index (χ3n) is 3.31. The van der Waals surface area contributed by atoms with Crippen molar-refractivity contribution in [3.63, 3.8) is 0 Å². The Kier molecular flexibility index (Phi) is 3.26. The third kappa shape index (κ3) is 2.57. The minimum absolute atomic E-state index is 0.0790. The van der Waals surface area contributed by atoms with Crippen LogP contribution in [0.3, 0.4) is 0 Å². The lowest BCUT2D eigenvalue weighted by molar-refractivity contribution is 0.0712. The van der Waals surface area contributed by atoms with E-state index in [0.29, 0.717) is 5.76 Å². The van der Waals surface area contributed by atoms with Crippen molar-refractivity contribution >= 4 is 5.91 Å². The molecule has 1 aliphatic rings. The van der Waals surface area contributed by atoms with Gasteiger partial charge in [-0.25, -0.2) is 8.78 Å². The van der Waals surface area contributed by atoms with Crippen LogP contribution in [-0.4, -0.2) is 16.8 Å². The van der Waals surface area contributed by atoms with Crippen LogP contribution in [0, 0.1) is 11.6 Å². The number of amides is 1. The number of nitrogens with zero attached hydrogens (tertiary/aromatic N) is 1. The standard InChI is InChI=1S/C15H13F2NO2/c16-10-3-6-14(17)13(8-10)15(19)18(11-4-5-11)9-12-2-1-7-20-12/h1-3,6-8,11H,4-5,9H2. The van der Waals surface area contributed by atoms with E-state index >= 15 is 0 Å². The second-order valence-corrected chi connectivity index (χ2v) is 4.87. The van der Waals surface area contributed by atoms with Crippen LogP contribution in [0.1, 0.15) is 29.0 Å². The number of benzene rings is 1. The molecule has 3 rings (SSSR count). The molecule has 3 nitrogen and oxygen atoms in total. The minimum atomic E-state index is -0.707. The molecule has 104 valence electrons. The highest BCUT2D eigenvalue weighted by molar-refractivity contribution is 5.94. The Hall–Kier alpha value is -2.17. The molecule has 0 radical (unpaired) electrons. The van der Waals surface area contributed by atoms with Gasteiger partial charge < -0.3 is 9.32 Å². The van der Waals surface area contributed by atoms with Crippen molar-refractivity contribution in [1.29, 1.82) is 0 Å². The largest absolute Gasteiger partial charge is 0.467 e. The number of furan rings is 1. The fraction of sp³-hybridized carbons (Fsp3) is 0.267. The summed E-state index contributed by atoms with van der Waals surface area (Å²) >= 11 is 0. The molecule has 1 fully saturated rings. The summed E-state index contributed by atoms with van der Waals surface area (Å²) in [5, 5.41) is 0. The van der Waals surface area contributed by atoms with Crippen molar-refractivity contribution in [1.82, 2.24) is 4.90 Å². The molecule has 0 bridgehead atoms. The maximum atomic E-state index is 13.7. The van der Waals surface area contributed by atoms with Gasteiger partial charge in [-0.3, -0.25) is 4.79 Å². The van der Waals surface area contributed by atoms with Gasteiger partial charge in [-0.15, -0.1) is 0 Å².